The van der Waals surface area contributed by atoms with Gasteiger partial charge in [-0.25, -0.2) is 4.98 Å². The molecule has 2 aromatic carbocycles. The highest BCUT2D eigenvalue weighted by Gasteiger charge is 2.34. The first-order chi connectivity index (χ1) is 11.7. The number of halogens is 3. The van der Waals surface area contributed by atoms with Crippen molar-refractivity contribution in [1.82, 2.24) is 4.98 Å². The largest absolute Gasteiger partial charge is 0.433 e. The second-order valence-corrected chi connectivity index (χ2v) is 6.92. The Morgan fingerprint density at radius 1 is 1.00 bits per heavy atom. The van der Waals surface area contributed by atoms with Gasteiger partial charge in [0.15, 0.2) is 5.75 Å². The highest BCUT2D eigenvalue weighted by molar-refractivity contribution is 7.87. The molecule has 0 aliphatic heterocycles. The average Bonchev–Trinajstić information content (AvgIpc) is 2.54. The van der Waals surface area contributed by atoms with E-state index in [1.165, 1.54) is 30.3 Å². The average molecular weight is 367 g/mol. The minimum absolute atomic E-state index is 0.00793. The number of alkyl halides is 3. The van der Waals surface area contributed by atoms with E-state index in [0.717, 1.165) is 5.56 Å². The van der Waals surface area contributed by atoms with Crippen molar-refractivity contribution >= 4 is 21.0 Å². The van der Waals surface area contributed by atoms with Crippen molar-refractivity contribution < 1.29 is 25.8 Å². The van der Waals surface area contributed by atoms with Crippen molar-refractivity contribution in [3.63, 3.8) is 0 Å². The van der Waals surface area contributed by atoms with E-state index >= 15 is 0 Å². The third-order valence-electron chi connectivity index (χ3n) is 3.48. The van der Waals surface area contributed by atoms with Gasteiger partial charge in [-0.2, -0.15) is 21.6 Å². The molecule has 0 unspecified atom stereocenters. The summed E-state index contributed by atoms with van der Waals surface area (Å²) in [7, 11) is -4.28. The summed E-state index contributed by atoms with van der Waals surface area (Å²) in [5.74, 6) is -0.418. The Morgan fingerprint density at radius 2 is 1.64 bits per heavy atom. The molecule has 0 radical (unpaired) electrons. The highest BCUT2D eigenvalue weighted by Crippen LogP contribution is 2.35. The number of aromatic nitrogens is 1. The zero-order valence-electron chi connectivity index (χ0n) is 12.9. The molecule has 0 aliphatic rings. The van der Waals surface area contributed by atoms with Gasteiger partial charge in [0.2, 0.25) is 0 Å². The first kappa shape index (κ1) is 17.2. The van der Waals surface area contributed by atoms with Gasteiger partial charge in [0.25, 0.3) is 0 Å². The number of hydrogen-bond donors (Lipinski definition) is 0. The first-order valence-corrected chi connectivity index (χ1v) is 8.56. The SMILES string of the molecule is Cc1ccc(S(=O)(=O)Oc2cc(C(F)(F)F)nc3ccccc23)cc1. The predicted octanol–water partition coefficient (Wildman–Crippen LogP) is 4.33. The normalized spacial score (nSPS) is 12.3. The fraction of sp³-hybridized carbons (Fsp3) is 0.118. The summed E-state index contributed by atoms with van der Waals surface area (Å²) in [6.45, 7) is 1.78. The van der Waals surface area contributed by atoms with Crippen LogP contribution in [0.3, 0.4) is 0 Å². The topological polar surface area (TPSA) is 56.3 Å². The van der Waals surface area contributed by atoms with Crippen LogP contribution in [0.15, 0.2) is 59.5 Å². The molecule has 0 atom stereocenters. The summed E-state index contributed by atoms with van der Waals surface area (Å²) in [6.07, 6.45) is -4.73. The quantitative estimate of drug-likeness (QED) is 0.647. The Morgan fingerprint density at radius 3 is 2.28 bits per heavy atom. The molecule has 8 heteroatoms. The second-order valence-electron chi connectivity index (χ2n) is 5.37. The molecule has 130 valence electrons. The monoisotopic (exact) mass is 367 g/mol. The molecule has 25 heavy (non-hydrogen) atoms. The van der Waals surface area contributed by atoms with Gasteiger partial charge in [0.1, 0.15) is 10.6 Å². The fourth-order valence-corrected chi connectivity index (χ4v) is 3.17. The number of nitrogens with zero attached hydrogens (tertiary/aromatic N) is 1. The molecule has 4 nitrogen and oxygen atoms in total. The van der Waals surface area contributed by atoms with Gasteiger partial charge in [-0.05, 0) is 31.2 Å². The number of rotatable bonds is 3. The Hall–Kier alpha value is -2.61. The van der Waals surface area contributed by atoms with Crippen LogP contribution < -0.4 is 4.18 Å². The molecule has 0 fully saturated rings. The van der Waals surface area contributed by atoms with Gasteiger partial charge >= 0.3 is 16.3 Å². The molecule has 0 saturated carbocycles. The van der Waals surface area contributed by atoms with Crippen molar-refractivity contribution in [3.8, 4) is 5.75 Å². The van der Waals surface area contributed by atoms with Crippen molar-refractivity contribution in [3.05, 3.63) is 65.9 Å². The maximum Gasteiger partial charge on any atom is 0.433 e. The van der Waals surface area contributed by atoms with E-state index in [1.54, 1.807) is 25.1 Å². The van der Waals surface area contributed by atoms with Crippen LogP contribution in [-0.4, -0.2) is 13.4 Å². The standard InChI is InChI=1S/C17H12F3NO3S/c1-11-6-8-12(9-7-11)25(22,23)24-15-10-16(17(18,19)20)21-14-5-3-2-4-13(14)15/h2-10H,1H3. The van der Waals surface area contributed by atoms with Crippen LogP contribution in [0.5, 0.6) is 5.75 Å². The van der Waals surface area contributed by atoms with E-state index in [-0.39, 0.29) is 15.8 Å². The predicted molar refractivity (Wildman–Crippen MR) is 85.7 cm³/mol. The van der Waals surface area contributed by atoms with E-state index in [1.807, 2.05) is 0 Å². The van der Waals surface area contributed by atoms with Crippen LogP contribution >= 0.6 is 0 Å². The van der Waals surface area contributed by atoms with Gasteiger partial charge < -0.3 is 4.18 Å². The van der Waals surface area contributed by atoms with Crippen LogP contribution in [0.2, 0.25) is 0 Å². The van der Waals surface area contributed by atoms with Crippen LogP contribution in [0.1, 0.15) is 11.3 Å². The van der Waals surface area contributed by atoms with Crippen LogP contribution in [0.25, 0.3) is 10.9 Å². The molecular formula is C17H12F3NO3S. The second kappa shape index (κ2) is 6.03. The van der Waals surface area contributed by atoms with E-state index < -0.39 is 27.7 Å². The third kappa shape index (κ3) is 3.58. The molecule has 0 spiro atoms. The minimum Gasteiger partial charge on any atom is -0.378 e. The number of benzene rings is 2. The maximum atomic E-state index is 13.0. The molecule has 0 saturated heterocycles. The fourth-order valence-electron chi connectivity index (χ4n) is 2.23. The number of aryl methyl sites for hydroxylation is 1. The summed E-state index contributed by atoms with van der Waals surface area (Å²) < 4.78 is 68.9. The molecule has 3 aromatic rings. The molecule has 0 bridgehead atoms. The van der Waals surface area contributed by atoms with Crippen molar-refractivity contribution in [2.24, 2.45) is 0 Å². The summed E-state index contributed by atoms with van der Waals surface area (Å²) in [4.78, 5) is 3.38. The highest BCUT2D eigenvalue weighted by atomic mass is 32.2. The molecular weight excluding hydrogens is 355 g/mol. The molecule has 3 rings (SSSR count). The number of fused-ring (bicyclic) bond motifs is 1. The van der Waals surface area contributed by atoms with Gasteiger partial charge in [-0.1, -0.05) is 29.8 Å². The van der Waals surface area contributed by atoms with Crippen molar-refractivity contribution in [2.45, 2.75) is 18.0 Å². The Bertz CT molecular complexity index is 1030. The van der Waals surface area contributed by atoms with E-state index in [9.17, 15) is 21.6 Å². The molecule has 1 aromatic heterocycles. The summed E-state index contributed by atoms with van der Waals surface area (Å²) in [5.41, 5.74) is -0.389. The van der Waals surface area contributed by atoms with Crippen LogP contribution in [0, 0.1) is 6.92 Å². The summed E-state index contributed by atoms with van der Waals surface area (Å²) in [6, 6.07) is 12.3. The Kier molecular flexibility index (Phi) is 4.16. The first-order valence-electron chi connectivity index (χ1n) is 7.15. The molecule has 0 N–H and O–H groups in total. The van der Waals surface area contributed by atoms with E-state index in [2.05, 4.69) is 4.98 Å². The lowest BCUT2D eigenvalue weighted by atomic mass is 10.2. The molecule has 1 heterocycles. The molecule has 0 aliphatic carbocycles. The zero-order chi connectivity index (χ0) is 18.2. The lowest BCUT2D eigenvalue weighted by molar-refractivity contribution is -0.141. The van der Waals surface area contributed by atoms with Gasteiger partial charge in [-0.15, -0.1) is 0 Å². The minimum atomic E-state index is -4.73. The third-order valence-corrected chi connectivity index (χ3v) is 4.73. The van der Waals surface area contributed by atoms with E-state index in [0.29, 0.717) is 6.07 Å². The zero-order valence-corrected chi connectivity index (χ0v) is 13.7. The number of para-hydroxylation sites is 1. The van der Waals surface area contributed by atoms with Gasteiger partial charge in [-0.3, -0.25) is 0 Å². The van der Waals surface area contributed by atoms with Crippen molar-refractivity contribution in [2.75, 3.05) is 0 Å². The Balaban J connectivity index is 2.13. The van der Waals surface area contributed by atoms with Crippen LogP contribution in [0.4, 0.5) is 13.2 Å². The molecule has 0 amide bonds. The lowest BCUT2D eigenvalue weighted by Crippen LogP contribution is -2.13. The van der Waals surface area contributed by atoms with E-state index in [4.69, 9.17) is 4.18 Å². The van der Waals surface area contributed by atoms with Gasteiger partial charge in [0, 0.05) is 11.5 Å². The summed E-state index contributed by atoms with van der Waals surface area (Å²) >= 11 is 0. The number of hydrogen-bond acceptors (Lipinski definition) is 4. The Labute approximate surface area is 142 Å². The smallest absolute Gasteiger partial charge is 0.378 e. The van der Waals surface area contributed by atoms with Gasteiger partial charge in [0.05, 0.1) is 5.52 Å². The van der Waals surface area contributed by atoms with Crippen molar-refractivity contribution in [1.29, 1.82) is 0 Å². The maximum absolute atomic E-state index is 13.0. The van der Waals surface area contributed by atoms with Crippen LogP contribution in [-0.2, 0) is 16.3 Å². The lowest BCUT2D eigenvalue weighted by Gasteiger charge is -2.13. The number of pyridine rings is 1. The summed E-state index contributed by atoms with van der Waals surface area (Å²) in [5, 5.41) is 0.172.